The van der Waals surface area contributed by atoms with Crippen LogP contribution in [0.15, 0.2) is 0 Å². The highest BCUT2D eigenvalue weighted by Gasteiger charge is 2.29. The van der Waals surface area contributed by atoms with Crippen molar-refractivity contribution in [3.63, 3.8) is 0 Å². The molecule has 1 N–H and O–H groups in total. The Kier molecular flexibility index (Phi) is 5.62. The number of anilines is 1. The Bertz CT molecular complexity index is 564. The molecule has 22 heavy (non-hydrogen) atoms. The summed E-state index contributed by atoms with van der Waals surface area (Å²) in [6, 6.07) is 0. The summed E-state index contributed by atoms with van der Waals surface area (Å²) >= 11 is 1.54. The minimum atomic E-state index is -0.311. The molecule has 2 rings (SSSR count). The highest BCUT2D eigenvalue weighted by atomic mass is 32.1. The predicted molar refractivity (Wildman–Crippen MR) is 89.5 cm³/mol. The Morgan fingerprint density at radius 3 is 2.77 bits per heavy atom. The van der Waals surface area contributed by atoms with Gasteiger partial charge in [-0.3, -0.25) is 4.79 Å². The number of hydrogen-bond acceptors (Lipinski definition) is 4. The molecule has 0 saturated carbocycles. The molecule has 5 heteroatoms. The van der Waals surface area contributed by atoms with Gasteiger partial charge in [0, 0.05) is 10.8 Å². The average molecular weight is 323 g/mol. The molecule has 0 spiro atoms. The minimum absolute atomic E-state index is 0.0281. The van der Waals surface area contributed by atoms with E-state index in [4.69, 9.17) is 4.74 Å². The van der Waals surface area contributed by atoms with Crippen LogP contribution >= 0.6 is 11.3 Å². The van der Waals surface area contributed by atoms with Gasteiger partial charge in [-0.2, -0.15) is 0 Å². The van der Waals surface area contributed by atoms with Crippen molar-refractivity contribution in [1.82, 2.24) is 0 Å². The summed E-state index contributed by atoms with van der Waals surface area (Å²) in [5.41, 5.74) is 1.67. The average Bonchev–Trinajstić information content (AvgIpc) is 2.83. The number of hydrogen-bond donors (Lipinski definition) is 1. The van der Waals surface area contributed by atoms with Crippen LogP contribution < -0.4 is 5.32 Å². The maximum atomic E-state index is 12.3. The lowest BCUT2D eigenvalue weighted by Crippen LogP contribution is -2.21. The zero-order valence-corrected chi connectivity index (χ0v) is 14.6. The number of amides is 1. The second-order valence-electron chi connectivity index (χ2n) is 6.07. The molecule has 0 bridgehead atoms. The second kappa shape index (κ2) is 7.27. The molecule has 1 heterocycles. The van der Waals surface area contributed by atoms with E-state index in [9.17, 15) is 9.59 Å². The number of rotatable bonds is 5. The van der Waals surface area contributed by atoms with E-state index in [2.05, 4.69) is 12.2 Å². The van der Waals surface area contributed by atoms with Crippen LogP contribution in [0.3, 0.4) is 0 Å². The van der Waals surface area contributed by atoms with Gasteiger partial charge in [0.05, 0.1) is 12.2 Å². The van der Waals surface area contributed by atoms with Gasteiger partial charge in [0.15, 0.2) is 0 Å². The van der Waals surface area contributed by atoms with Crippen LogP contribution in [-0.4, -0.2) is 18.5 Å². The van der Waals surface area contributed by atoms with Crippen LogP contribution in [0.1, 0.15) is 61.3 Å². The van der Waals surface area contributed by atoms with E-state index >= 15 is 0 Å². The van der Waals surface area contributed by atoms with Crippen molar-refractivity contribution >= 4 is 28.2 Å². The molecule has 0 fully saturated rings. The first kappa shape index (κ1) is 17.0. The molecule has 0 radical (unpaired) electrons. The zero-order chi connectivity index (χ0) is 16.3. The Hall–Kier alpha value is -1.36. The summed E-state index contributed by atoms with van der Waals surface area (Å²) < 4.78 is 5.20. The van der Waals surface area contributed by atoms with Crippen LogP contribution in [0.4, 0.5) is 5.00 Å². The van der Waals surface area contributed by atoms with Gasteiger partial charge in [-0.05, 0) is 44.1 Å². The van der Waals surface area contributed by atoms with Gasteiger partial charge < -0.3 is 10.1 Å². The van der Waals surface area contributed by atoms with E-state index in [0.29, 0.717) is 23.1 Å². The molecular formula is C17H25NO3S. The van der Waals surface area contributed by atoms with Crippen molar-refractivity contribution in [1.29, 1.82) is 0 Å². The summed E-state index contributed by atoms with van der Waals surface area (Å²) in [7, 11) is 0. The molecule has 1 aliphatic rings. The molecule has 1 aromatic rings. The van der Waals surface area contributed by atoms with Gasteiger partial charge in [-0.25, -0.2) is 4.79 Å². The molecule has 0 saturated heterocycles. The van der Waals surface area contributed by atoms with Crippen molar-refractivity contribution in [2.75, 3.05) is 11.9 Å². The number of carbonyl (C=O) groups is 2. The number of carbonyl (C=O) groups excluding carboxylic acids is 2. The van der Waals surface area contributed by atoms with Crippen molar-refractivity contribution in [3.05, 3.63) is 16.0 Å². The van der Waals surface area contributed by atoms with Gasteiger partial charge in [0.25, 0.3) is 0 Å². The predicted octanol–water partition coefficient (Wildman–Crippen LogP) is 4.03. The van der Waals surface area contributed by atoms with Gasteiger partial charge in [0.2, 0.25) is 5.91 Å². The van der Waals surface area contributed by atoms with Crippen molar-refractivity contribution in [3.8, 4) is 0 Å². The van der Waals surface area contributed by atoms with Crippen molar-refractivity contribution < 1.29 is 14.3 Å². The molecule has 1 aliphatic carbocycles. The molecule has 0 unspecified atom stereocenters. The molecule has 0 aromatic carbocycles. The maximum Gasteiger partial charge on any atom is 0.341 e. The standard InChI is InChI=1S/C17H25NO3S/c1-5-11(4)15(19)18-16-14(17(20)21-6-2)12-8-7-10(3)9-13(12)22-16/h10-11H,5-9H2,1-4H3,(H,18,19)/t10-,11-/m0/s1. The largest absolute Gasteiger partial charge is 0.462 e. The fraction of sp³-hybridized carbons (Fsp3) is 0.647. The monoisotopic (exact) mass is 323 g/mol. The molecule has 0 aliphatic heterocycles. The van der Waals surface area contributed by atoms with E-state index < -0.39 is 0 Å². The first-order valence-corrected chi connectivity index (χ1v) is 8.92. The number of fused-ring (bicyclic) bond motifs is 1. The normalized spacial score (nSPS) is 18.5. The van der Waals surface area contributed by atoms with E-state index in [1.54, 1.807) is 18.3 Å². The third-order valence-corrected chi connectivity index (χ3v) is 5.46. The summed E-state index contributed by atoms with van der Waals surface area (Å²) in [6.07, 6.45) is 3.73. The highest BCUT2D eigenvalue weighted by molar-refractivity contribution is 7.17. The summed E-state index contributed by atoms with van der Waals surface area (Å²) in [5.74, 6) is 0.223. The van der Waals surface area contributed by atoms with E-state index in [1.807, 2.05) is 13.8 Å². The summed E-state index contributed by atoms with van der Waals surface area (Å²) in [6.45, 7) is 8.26. The summed E-state index contributed by atoms with van der Waals surface area (Å²) in [5, 5.41) is 3.62. The van der Waals surface area contributed by atoms with Crippen LogP contribution in [0.5, 0.6) is 0 Å². The van der Waals surface area contributed by atoms with E-state index in [1.165, 1.54) is 4.88 Å². The van der Waals surface area contributed by atoms with Crippen LogP contribution in [0, 0.1) is 11.8 Å². The Balaban J connectivity index is 2.35. The fourth-order valence-electron chi connectivity index (χ4n) is 2.68. The van der Waals surface area contributed by atoms with Gasteiger partial charge in [0.1, 0.15) is 5.00 Å². The van der Waals surface area contributed by atoms with Crippen LogP contribution in [0.2, 0.25) is 0 Å². The summed E-state index contributed by atoms with van der Waals surface area (Å²) in [4.78, 5) is 25.8. The van der Waals surface area contributed by atoms with Crippen molar-refractivity contribution in [2.45, 2.75) is 53.4 Å². The lowest BCUT2D eigenvalue weighted by molar-refractivity contribution is -0.119. The second-order valence-corrected chi connectivity index (χ2v) is 7.18. The Morgan fingerprint density at radius 2 is 2.14 bits per heavy atom. The van der Waals surface area contributed by atoms with Crippen molar-refractivity contribution in [2.24, 2.45) is 11.8 Å². The third-order valence-electron chi connectivity index (χ3n) is 4.29. The number of esters is 1. The smallest absolute Gasteiger partial charge is 0.341 e. The van der Waals surface area contributed by atoms with Gasteiger partial charge in [-0.15, -0.1) is 11.3 Å². The minimum Gasteiger partial charge on any atom is -0.462 e. The van der Waals surface area contributed by atoms with Crippen LogP contribution in [0.25, 0.3) is 0 Å². The SMILES string of the molecule is CCOC(=O)c1c(NC(=O)[C@@H](C)CC)sc2c1CC[C@H](C)C2. The lowest BCUT2D eigenvalue weighted by atomic mass is 9.88. The molecule has 2 atom stereocenters. The first-order chi connectivity index (χ1) is 10.5. The first-order valence-electron chi connectivity index (χ1n) is 8.10. The lowest BCUT2D eigenvalue weighted by Gasteiger charge is -2.18. The molecule has 1 amide bonds. The maximum absolute atomic E-state index is 12.3. The molecule has 1 aromatic heterocycles. The molecule has 4 nitrogen and oxygen atoms in total. The molecular weight excluding hydrogens is 298 g/mol. The Morgan fingerprint density at radius 1 is 1.41 bits per heavy atom. The number of thiophene rings is 1. The third kappa shape index (κ3) is 3.51. The molecule has 122 valence electrons. The quantitative estimate of drug-likeness (QED) is 0.832. The van der Waals surface area contributed by atoms with Gasteiger partial charge in [-0.1, -0.05) is 20.8 Å². The van der Waals surface area contributed by atoms with Gasteiger partial charge >= 0.3 is 5.97 Å². The number of nitrogens with one attached hydrogen (secondary N) is 1. The van der Waals surface area contributed by atoms with E-state index in [0.717, 1.165) is 31.2 Å². The highest BCUT2D eigenvalue weighted by Crippen LogP contribution is 2.40. The topological polar surface area (TPSA) is 55.4 Å². The van der Waals surface area contributed by atoms with Crippen LogP contribution in [-0.2, 0) is 22.4 Å². The van der Waals surface area contributed by atoms with E-state index in [-0.39, 0.29) is 17.8 Å². The Labute approximate surface area is 136 Å². The number of ether oxygens (including phenoxy) is 1. The fourth-order valence-corrected chi connectivity index (χ4v) is 4.08. The zero-order valence-electron chi connectivity index (χ0n) is 13.8.